The van der Waals surface area contributed by atoms with E-state index in [0.717, 1.165) is 16.6 Å². The smallest absolute Gasteiger partial charge is 0.224 e. The molecule has 0 aliphatic rings. The SMILES string of the molecule is O=C(Cc1ccc2cc[nH]c2c1)NCc1ccccc1. The standard InChI is InChI=1S/C17H16N2O/c20-17(19-12-13-4-2-1-3-5-13)11-14-6-7-15-8-9-18-16(15)10-14/h1-10,18H,11-12H2,(H,19,20). The number of benzene rings is 2. The maximum absolute atomic E-state index is 11.9. The third-order valence-corrected chi connectivity index (χ3v) is 3.32. The van der Waals surface area contributed by atoms with Gasteiger partial charge in [-0.25, -0.2) is 0 Å². The lowest BCUT2D eigenvalue weighted by Gasteiger charge is -2.05. The summed E-state index contributed by atoms with van der Waals surface area (Å²) in [5, 5.41) is 4.11. The van der Waals surface area contributed by atoms with E-state index in [9.17, 15) is 4.79 Å². The van der Waals surface area contributed by atoms with Crippen molar-refractivity contribution < 1.29 is 4.79 Å². The lowest BCUT2D eigenvalue weighted by Crippen LogP contribution is -2.24. The van der Waals surface area contributed by atoms with Crippen LogP contribution in [-0.2, 0) is 17.8 Å². The fraction of sp³-hybridized carbons (Fsp3) is 0.118. The molecule has 1 heterocycles. The maximum Gasteiger partial charge on any atom is 0.224 e. The van der Waals surface area contributed by atoms with Crippen LogP contribution in [0.1, 0.15) is 11.1 Å². The van der Waals surface area contributed by atoms with E-state index in [1.54, 1.807) is 0 Å². The van der Waals surface area contributed by atoms with Gasteiger partial charge in [0, 0.05) is 18.3 Å². The van der Waals surface area contributed by atoms with E-state index in [-0.39, 0.29) is 5.91 Å². The zero-order valence-corrected chi connectivity index (χ0v) is 11.1. The summed E-state index contributed by atoms with van der Waals surface area (Å²) in [4.78, 5) is 15.1. The maximum atomic E-state index is 11.9. The molecule has 100 valence electrons. The number of aromatic nitrogens is 1. The first kappa shape index (κ1) is 12.5. The highest BCUT2D eigenvalue weighted by molar-refractivity contribution is 5.83. The van der Waals surface area contributed by atoms with Gasteiger partial charge in [-0.1, -0.05) is 42.5 Å². The Bertz CT molecular complexity index is 716. The molecule has 1 aromatic heterocycles. The Hall–Kier alpha value is -2.55. The predicted octanol–water partition coefficient (Wildman–Crippen LogP) is 3.03. The first-order chi connectivity index (χ1) is 9.81. The van der Waals surface area contributed by atoms with Gasteiger partial charge in [-0.3, -0.25) is 4.79 Å². The Morgan fingerprint density at radius 3 is 2.70 bits per heavy atom. The number of aromatic amines is 1. The second-order valence-electron chi connectivity index (χ2n) is 4.84. The fourth-order valence-electron chi connectivity index (χ4n) is 2.25. The molecule has 20 heavy (non-hydrogen) atoms. The Kier molecular flexibility index (Phi) is 3.50. The number of carbonyl (C=O) groups excluding carboxylic acids is 1. The molecule has 3 heteroatoms. The molecule has 0 unspecified atom stereocenters. The van der Waals surface area contributed by atoms with Gasteiger partial charge in [0.2, 0.25) is 5.91 Å². The van der Waals surface area contributed by atoms with Gasteiger partial charge < -0.3 is 10.3 Å². The van der Waals surface area contributed by atoms with E-state index in [2.05, 4.69) is 10.3 Å². The van der Waals surface area contributed by atoms with Crippen molar-refractivity contribution >= 4 is 16.8 Å². The molecule has 0 saturated carbocycles. The van der Waals surface area contributed by atoms with Crippen molar-refractivity contribution in [1.82, 2.24) is 10.3 Å². The van der Waals surface area contributed by atoms with Gasteiger partial charge in [-0.2, -0.15) is 0 Å². The molecule has 0 fully saturated rings. The molecule has 2 aromatic carbocycles. The normalized spacial score (nSPS) is 10.6. The average molecular weight is 264 g/mol. The first-order valence-corrected chi connectivity index (χ1v) is 6.68. The van der Waals surface area contributed by atoms with Gasteiger partial charge in [-0.05, 0) is 28.6 Å². The highest BCUT2D eigenvalue weighted by atomic mass is 16.1. The van der Waals surface area contributed by atoms with Crippen LogP contribution in [0.15, 0.2) is 60.8 Å². The molecule has 3 aromatic rings. The number of amides is 1. The summed E-state index contributed by atoms with van der Waals surface area (Å²) in [6.45, 7) is 0.574. The number of hydrogen-bond donors (Lipinski definition) is 2. The Labute approximate surface area is 117 Å². The van der Waals surface area contributed by atoms with Crippen molar-refractivity contribution in [1.29, 1.82) is 0 Å². The number of rotatable bonds is 4. The van der Waals surface area contributed by atoms with Crippen LogP contribution in [0.25, 0.3) is 10.9 Å². The monoisotopic (exact) mass is 264 g/mol. The van der Waals surface area contributed by atoms with Crippen molar-refractivity contribution in [3.05, 3.63) is 71.9 Å². The molecule has 2 N–H and O–H groups in total. The van der Waals surface area contributed by atoms with E-state index in [4.69, 9.17) is 0 Å². The minimum atomic E-state index is 0.0414. The quantitative estimate of drug-likeness (QED) is 0.747. The Balaban J connectivity index is 1.61. The molecule has 0 aliphatic carbocycles. The molecular weight excluding hydrogens is 248 g/mol. The van der Waals surface area contributed by atoms with Crippen molar-refractivity contribution in [2.45, 2.75) is 13.0 Å². The topological polar surface area (TPSA) is 44.9 Å². The summed E-state index contributed by atoms with van der Waals surface area (Å²) in [5.41, 5.74) is 3.20. The van der Waals surface area contributed by atoms with E-state index < -0.39 is 0 Å². The van der Waals surface area contributed by atoms with Gasteiger partial charge in [0.05, 0.1) is 6.42 Å². The van der Waals surface area contributed by atoms with Gasteiger partial charge in [0.25, 0.3) is 0 Å². The summed E-state index contributed by atoms with van der Waals surface area (Å²) < 4.78 is 0. The second kappa shape index (κ2) is 5.61. The summed E-state index contributed by atoms with van der Waals surface area (Å²) in [6.07, 6.45) is 2.31. The van der Waals surface area contributed by atoms with Gasteiger partial charge in [0.1, 0.15) is 0 Å². The van der Waals surface area contributed by atoms with Crippen molar-refractivity contribution in [3.8, 4) is 0 Å². The predicted molar refractivity (Wildman–Crippen MR) is 80.3 cm³/mol. The fourth-order valence-corrected chi connectivity index (χ4v) is 2.25. The van der Waals surface area contributed by atoms with Crippen LogP contribution < -0.4 is 5.32 Å². The third kappa shape index (κ3) is 2.88. The molecule has 0 bridgehead atoms. The van der Waals surface area contributed by atoms with Crippen LogP contribution in [0.2, 0.25) is 0 Å². The van der Waals surface area contributed by atoms with Gasteiger partial charge in [0.15, 0.2) is 0 Å². The van der Waals surface area contributed by atoms with Crippen LogP contribution in [0, 0.1) is 0 Å². The zero-order chi connectivity index (χ0) is 13.8. The molecule has 3 rings (SSSR count). The van der Waals surface area contributed by atoms with Gasteiger partial charge >= 0.3 is 0 Å². The minimum absolute atomic E-state index is 0.0414. The molecule has 0 radical (unpaired) electrons. The number of nitrogens with one attached hydrogen (secondary N) is 2. The number of carbonyl (C=O) groups is 1. The first-order valence-electron chi connectivity index (χ1n) is 6.68. The molecule has 0 atom stereocenters. The number of hydrogen-bond acceptors (Lipinski definition) is 1. The second-order valence-corrected chi connectivity index (χ2v) is 4.84. The van der Waals surface area contributed by atoms with E-state index in [0.29, 0.717) is 13.0 Å². The lowest BCUT2D eigenvalue weighted by atomic mass is 10.1. The molecule has 3 nitrogen and oxygen atoms in total. The number of fused-ring (bicyclic) bond motifs is 1. The highest BCUT2D eigenvalue weighted by Crippen LogP contribution is 2.14. The summed E-state index contributed by atoms with van der Waals surface area (Å²) in [6, 6.07) is 18.0. The van der Waals surface area contributed by atoms with E-state index in [1.165, 1.54) is 5.39 Å². The summed E-state index contributed by atoms with van der Waals surface area (Å²) in [5.74, 6) is 0.0414. The molecule has 1 amide bonds. The summed E-state index contributed by atoms with van der Waals surface area (Å²) >= 11 is 0. The average Bonchev–Trinajstić information content (AvgIpc) is 2.94. The van der Waals surface area contributed by atoms with Crippen LogP contribution in [-0.4, -0.2) is 10.9 Å². The van der Waals surface area contributed by atoms with E-state index in [1.807, 2.05) is 60.8 Å². The van der Waals surface area contributed by atoms with Crippen LogP contribution >= 0.6 is 0 Å². The highest BCUT2D eigenvalue weighted by Gasteiger charge is 2.04. The van der Waals surface area contributed by atoms with Crippen LogP contribution in [0.5, 0.6) is 0 Å². The molecule has 0 saturated heterocycles. The minimum Gasteiger partial charge on any atom is -0.361 e. The molecule has 0 aliphatic heterocycles. The van der Waals surface area contributed by atoms with E-state index >= 15 is 0 Å². The molecular formula is C17H16N2O. The lowest BCUT2D eigenvalue weighted by molar-refractivity contribution is -0.120. The number of H-pyrrole nitrogens is 1. The van der Waals surface area contributed by atoms with Crippen molar-refractivity contribution in [2.75, 3.05) is 0 Å². The largest absolute Gasteiger partial charge is 0.361 e. The van der Waals surface area contributed by atoms with Crippen LogP contribution in [0.4, 0.5) is 0 Å². The zero-order valence-electron chi connectivity index (χ0n) is 11.1. The molecule has 0 spiro atoms. The summed E-state index contributed by atoms with van der Waals surface area (Å²) in [7, 11) is 0. The van der Waals surface area contributed by atoms with Crippen LogP contribution in [0.3, 0.4) is 0 Å². The third-order valence-electron chi connectivity index (χ3n) is 3.32. The Morgan fingerprint density at radius 2 is 1.85 bits per heavy atom. The van der Waals surface area contributed by atoms with Gasteiger partial charge in [-0.15, -0.1) is 0 Å². The van der Waals surface area contributed by atoms with Crippen molar-refractivity contribution in [2.24, 2.45) is 0 Å². The Morgan fingerprint density at radius 1 is 1.00 bits per heavy atom. The van der Waals surface area contributed by atoms with Crippen molar-refractivity contribution in [3.63, 3.8) is 0 Å².